The van der Waals surface area contributed by atoms with Crippen molar-refractivity contribution in [2.45, 2.75) is 13.5 Å². The number of hydrogen-bond donors (Lipinski definition) is 0. The summed E-state index contributed by atoms with van der Waals surface area (Å²) in [7, 11) is 0. The first-order chi connectivity index (χ1) is 12.5. The zero-order chi connectivity index (χ0) is 18.7. The number of Topliss-reactive ketones (excluding diaryl/α,β-unsaturated/α-hetero) is 1. The number of amides is 2. The summed E-state index contributed by atoms with van der Waals surface area (Å²) in [6.45, 7) is 1.86. The molecule has 0 aliphatic heterocycles. The van der Waals surface area contributed by atoms with Crippen LogP contribution in [0.3, 0.4) is 0 Å². The third-order valence-electron chi connectivity index (χ3n) is 4.20. The van der Waals surface area contributed by atoms with E-state index in [1.165, 1.54) is 6.92 Å². The van der Waals surface area contributed by atoms with Crippen LogP contribution in [-0.2, 0) is 11.3 Å². The van der Waals surface area contributed by atoms with Gasteiger partial charge in [0.25, 0.3) is 11.7 Å². The largest absolute Gasteiger partial charge is 0.530 e. The molecule has 0 atom stereocenters. The molecular formula is C20H17N2O4-. The predicted molar refractivity (Wildman–Crippen MR) is 94.6 cm³/mol. The van der Waals surface area contributed by atoms with Gasteiger partial charge >= 0.3 is 0 Å². The summed E-state index contributed by atoms with van der Waals surface area (Å²) in [6, 6.07) is 16.9. The molecule has 0 bridgehead atoms. The maximum absolute atomic E-state index is 12.6. The highest BCUT2D eigenvalue weighted by Crippen LogP contribution is 2.23. The first-order valence-electron chi connectivity index (χ1n) is 8.22. The molecule has 0 N–H and O–H groups in total. The second-order valence-electron chi connectivity index (χ2n) is 5.82. The predicted octanol–water partition coefficient (Wildman–Crippen LogP) is 2.06. The molecule has 0 saturated heterocycles. The van der Waals surface area contributed by atoms with Crippen molar-refractivity contribution >= 4 is 28.7 Å². The molecule has 0 spiro atoms. The molecule has 132 valence electrons. The van der Waals surface area contributed by atoms with Gasteiger partial charge in [-0.1, -0.05) is 48.5 Å². The molecule has 1 aromatic heterocycles. The molecule has 2 aromatic carbocycles. The van der Waals surface area contributed by atoms with E-state index >= 15 is 0 Å². The standard InChI is InChI=1S/C20H18N2O4/c1-2-22(20(25)26)19(24)18(23)16-13-21(12-14-8-4-3-5-9-14)17-11-7-6-10-15(16)17/h3-11,13H,2,12H2,1H3,(H,25,26)/p-1. The average Bonchev–Trinajstić information content (AvgIpc) is 3.01. The molecule has 1 heterocycles. The van der Waals surface area contributed by atoms with Gasteiger partial charge in [0.2, 0.25) is 0 Å². The van der Waals surface area contributed by atoms with Crippen LogP contribution in [0.25, 0.3) is 10.9 Å². The zero-order valence-electron chi connectivity index (χ0n) is 14.2. The first kappa shape index (κ1) is 17.4. The first-order valence-corrected chi connectivity index (χ1v) is 8.22. The van der Waals surface area contributed by atoms with Gasteiger partial charge in [0.1, 0.15) is 6.09 Å². The zero-order valence-corrected chi connectivity index (χ0v) is 14.2. The topological polar surface area (TPSA) is 82.4 Å². The highest BCUT2D eigenvalue weighted by Gasteiger charge is 2.26. The Labute approximate surface area is 150 Å². The van der Waals surface area contributed by atoms with Crippen LogP contribution < -0.4 is 5.11 Å². The summed E-state index contributed by atoms with van der Waals surface area (Å²) >= 11 is 0. The van der Waals surface area contributed by atoms with Gasteiger partial charge in [-0.3, -0.25) is 14.5 Å². The normalized spacial score (nSPS) is 10.7. The van der Waals surface area contributed by atoms with Crippen LogP contribution >= 0.6 is 0 Å². The van der Waals surface area contributed by atoms with Crippen molar-refractivity contribution in [3.63, 3.8) is 0 Å². The Kier molecular flexibility index (Phi) is 4.84. The molecule has 3 rings (SSSR count). The van der Waals surface area contributed by atoms with E-state index in [4.69, 9.17) is 0 Å². The Bertz CT molecular complexity index is 976. The molecule has 0 saturated carbocycles. The number of para-hydroxylation sites is 1. The SMILES string of the molecule is CCN(C(=O)[O-])C(=O)C(=O)c1cn(Cc2ccccc2)c2ccccc12. The van der Waals surface area contributed by atoms with Gasteiger partial charge in [-0.25, -0.2) is 0 Å². The number of ketones is 1. The quantitative estimate of drug-likeness (QED) is 0.521. The van der Waals surface area contributed by atoms with Crippen LogP contribution in [-0.4, -0.2) is 33.8 Å². The number of aromatic nitrogens is 1. The van der Waals surface area contributed by atoms with Crippen LogP contribution in [0, 0.1) is 0 Å². The Balaban J connectivity index is 2.03. The highest BCUT2D eigenvalue weighted by molar-refractivity contribution is 6.46. The summed E-state index contributed by atoms with van der Waals surface area (Å²) in [5.41, 5.74) is 2.02. The summed E-state index contributed by atoms with van der Waals surface area (Å²) in [6.07, 6.45) is -0.0834. The number of carboxylic acid groups (broad SMARTS) is 1. The van der Waals surface area contributed by atoms with Crippen molar-refractivity contribution in [2.24, 2.45) is 0 Å². The van der Waals surface area contributed by atoms with Gasteiger partial charge in [0.15, 0.2) is 0 Å². The summed E-state index contributed by atoms with van der Waals surface area (Å²) in [4.78, 5) is 36.4. The number of carbonyl (C=O) groups is 3. The van der Waals surface area contributed by atoms with Crippen molar-refractivity contribution < 1.29 is 19.5 Å². The lowest BCUT2D eigenvalue weighted by atomic mass is 10.1. The smallest absolute Gasteiger partial charge is 0.300 e. The molecule has 3 aromatic rings. The van der Waals surface area contributed by atoms with Gasteiger partial charge in [-0.15, -0.1) is 0 Å². The minimum absolute atomic E-state index is 0.143. The van der Waals surface area contributed by atoms with Crippen molar-refractivity contribution in [3.05, 3.63) is 71.9 Å². The lowest BCUT2D eigenvalue weighted by Crippen LogP contribution is -2.47. The lowest BCUT2D eigenvalue weighted by Gasteiger charge is -2.19. The summed E-state index contributed by atoms with van der Waals surface area (Å²) in [5.74, 6) is -1.96. The second-order valence-corrected chi connectivity index (χ2v) is 5.82. The van der Waals surface area contributed by atoms with Gasteiger partial charge in [-0.2, -0.15) is 0 Å². The number of imide groups is 1. The molecule has 6 nitrogen and oxygen atoms in total. The molecule has 0 aliphatic carbocycles. The number of fused-ring (bicyclic) bond motifs is 1. The molecule has 0 radical (unpaired) electrons. The molecule has 0 aliphatic rings. The maximum Gasteiger partial charge on any atom is 0.300 e. The highest BCUT2D eigenvalue weighted by atomic mass is 16.4. The van der Waals surface area contributed by atoms with Crippen LogP contribution in [0.1, 0.15) is 22.8 Å². The summed E-state index contributed by atoms with van der Waals surface area (Å²) in [5, 5.41) is 11.7. The maximum atomic E-state index is 12.6. The number of carbonyl (C=O) groups excluding carboxylic acids is 3. The fraction of sp³-hybridized carbons (Fsp3) is 0.150. The minimum atomic E-state index is -1.68. The number of likely N-dealkylation sites (N-methyl/N-ethyl adjacent to an activating group) is 1. The molecule has 2 amide bonds. The number of hydrogen-bond acceptors (Lipinski definition) is 4. The number of benzene rings is 2. The van der Waals surface area contributed by atoms with Crippen molar-refractivity contribution in [3.8, 4) is 0 Å². The fourth-order valence-electron chi connectivity index (χ4n) is 2.93. The van der Waals surface area contributed by atoms with Gasteiger partial charge in [0.05, 0.1) is 5.56 Å². The summed E-state index contributed by atoms with van der Waals surface area (Å²) < 4.78 is 1.88. The minimum Gasteiger partial charge on any atom is -0.530 e. The average molecular weight is 349 g/mol. The Morgan fingerprint density at radius 2 is 1.65 bits per heavy atom. The van der Waals surface area contributed by atoms with Gasteiger partial charge < -0.3 is 14.5 Å². The van der Waals surface area contributed by atoms with Crippen molar-refractivity contribution in [1.82, 2.24) is 9.47 Å². The van der Waals surface area contributed by atoms with E-state index in [0.29, 0.717) is 16.8 Å². The molecule has 0 unspecified atom stereocenters. The Hall–Kier alpha value is -3.41. The third kappa shape index (κ3) is 3.21. The Morgan fingerprint density at radius 3 is 2.31 bits per heavy atom. The van der Waals surface area contributed by atoms with E-state index in [-0.39, 0.29) is 12.1 Å². The van der Waals surface area contributed by atoms with Gasteiger partial charge in [-0.05, 0) is 18.6 Å². The van der Waals surface area contributed by atoms with E-state index in [9.17, 15) is 19.5 Å². The lowest BCUT2D eigenvalue weighted by molar-refractivity contribution is -0.263. The van der Waals surface area contributed by atoms with E-state index in [1.807, 2.05) is 47.0 Å². The number of rotatable bonds is 5. The van der Waals surface area contributed by atoms with Crippen LogP contribution in [0.5, 0.6) is 0 Å². The van der Waals surface area contributed by atoms with Crippen molar-refractivity contribution in [2.75, 3.05) is 6.54 Å². The van der Waals surface area contributed by atoms with E-state index in [2.05, 4.69) is 0 Å². The molecule has 6 heteroatoms. The second kappa shape index (κ2) is 7.23. The van der Waals surface area contributed by atoms with Crippen molar-refractivity contribution in [1.29, 1.82) is 0 Å². The number of nitrogens with zero attached hydrogens (tertiary/aromatic N) is 2. The van der Waals surface area contributed by atoms with Crippen LogP contribution in [0.15, 0.2) is 60.8 Å². The molecule has 0 fully saturated rings. The third-order valence-corrected chi connectivity index (χ3v) is 4.20. The van der Waals surface area contributed by atoms with Gasteiger partial charge in [0, 0.05) is 30.2 Å². The van der Waals surface area contributed by atoms with Crippen LogP contribution in [0.2, 0.25) is 0 Å². The fourth-order valence-corrected chi connectivity index (χ4v) is 2.93. The monoisotopic (exact) mass is 349 g/mol. The molecule has 26 heavy (non-hydrogen) atoms. The molecular weight excluding hydrogens is 332 g/mol. The van der Waals surface area contributed by atoms with Crippen LogP contribution in [0.4, 0.5) is 4.79 Å². The van der Waals surface area contributed by atoms with E-state index in [0.717, 1.165) is 11.1 Å². The van der Waals surface area contributed by atoms with E-state index in [1.54, 1.807) is 18.3 Å². The van der Waals surface area contributed by atoms with E-state index < -0.39 is 17.8 Å². The Morgan fingerprint density at radius 1 is 1.00 bits per heavy atom.